The molecule has 0 aliphatic heterocycles. The van der Waals surface area contributed by atoms with Crippen LogP contribution in [0.15, 0.2) is 29.6 Å². The largest absolute Gasteiger partial charge is 0.398 e. The molecule has 2 aromatic rings. The van der Waals surface area contributed by atoms with Gasteiger partial charge < -0.3 is 5.73 Å². The molecule has 0 fully saturated rings. The molecule has 0 atom stereocenters. The van der Waals surface area contributed by atoms with Crippen molar-refractivity contribution < 1.29 is 0 Å². The lowest BCUT2D eigenvalue weighted by Crippen LogP contribution is -1.87. The minimum atomic E-state index is 0.751. The Morgan fingerprint density at radius 2 is 2.00 bits per heavy atom. The summed E-state index contributed by atoms with van der Waals surface area (Å²) in [4.78, 5) is 1.20. The summed E-state index contributed by atoms with van der Waals surface area (Å²) in [6, 6.07) is 7.77. The van der Waals surface area contributed by atoms with Crippen LogP contribution in [0, 0.1) is 6.92 Å². The Balaban J connectivity index is 2.66. The van der Waals surface area contributed by atoms with Crippen molar-refractivity contribution in [2.24, 2.45) is 0 Å². The molecular weight excluding hydrogens is 214 g/mol. The number of rotatable bonds is 1. The molecule has 0 radical (unpaired) electrons. The quantitative estimate of drug-likeness (QED) is 0.778. The molecular formula is C11H10ClNS. The average molecular weight is 224 g/mol. The molecule has 0 saturated carbocycles. The van der Waals surface area contributed by atoms with Crippen LogP contribution in [0.1, 0.15) is 4.88 Å². The summed E-state index contributed by atoms with van der Waals surface area (Å²) in [6.07, 6.45) is 0. The number of hydrogen-bond donors (Lipinski definition) is 1. The van der Waals surface area contributed by atoms with Crippen molar-refractivity contribution in [3.63, 3.8) is 0 Å². The van der Waals surface area contributed by atoms with Gasteiger partial charge >= 0.3 is 0 Å². The highest BCUT2D eigenvalue weighted by molar-refractivity contribution is 7.11. The van der Waals surface area contributed by atoms with E-state index in [1.54, 1.807) is 11.3 Å². The van der Waals surface area contributed by atoms with E-state index in [0.29, 0.717) is 0 Å². The Labute approximate surface area is 92.1 Å². The van der Waals surface area contributed by atoms with Gasteiger partial charge in [0.25, 0.3) is 0 Å². The summed E-state index contributed by atoms with van der Waals surface area (Å²) in [5.74, 6) is 0. The molecule has 0 amide bonds. The van der Waals surface area contributed by atoms with Crippen LogP contribution < -0.4 is 5.73 Å². The molecule has 0 saturated heterocycles. The first-order chi connectivity index (χ1) is 6.70. The third kappa shape index (κ3) is 1.51. The Bertz CT molecular complexity index is 443. The van der Waals surface area contributed by atoms with Crippen LogP contribution in [0.25, 0.3) is 11.1 Å². The Morgan fingerprint density at radius 1 is 1.29 bits per heavy atom. The minimum Gasteiger partial charge on any atom is -0.398 e. The summed E-state index contributed by atoms with van der Waals surface area (Å²) in [6.45, 7) is 2.06. The van der Waals surface area contributed by atoms with Gasteiger partial charge in [0.2, 0.25) is 0 Å². The first kappa shape index (κ1) is 9.56. The van der Waals surface area contributed by atoms with Gasteiger partial charge in [0.05, 0.1) is 5.69 Å². The van der Waals surface area contributed by atoms with Gasteiger partial charge in [0, 0.05) is 26.4 Å². The molecule has 1 nitrogen and oxygen atoms in total. The molecule has 0 aliphatic rings. The van der Waals surface area contributed by atoms with Gasteiger partial charge in [-0.3, -0.25) is 0 Å². The van der Waals surface area contributed by atoms with Crippen LogP contribution in [0.5, 0.6) is 0 Å². The monoisotopic (exact) mass is 223 g/mol. The van der Waals surface area contributed by atoms with E-state index in [1.165, 1.54) is 4.88 Å². The second-order valence-corrected chi connectivity index (χ2v) is 4.59. The zero-order valence-electron chi connectivity index (χ0n) is 7.75. The first-order valence-corrected chi connectivity index (χ1v) is 5.54. The minimum absolute atomic E-state index is 0.751. The van der Waals surface area contributed by atoms with E-state index in [1.807, 2.05) is 29.6 Å². The second-order valence-electron chi connectivity index (χ2n) is 3.10. The predicted molar refractivity (Wildman–Crippen MR) is 63.9 cm³/mol. The van der Waals surface area contributed by atoms with Crippen molar-refractivity contribution in [3.05, 3.63) is 39.5 Å². The van der Waals surface area contributed by atoms with E-state index in [-0.39, 0.29) is 0 Å². The van der Waals surface area contributed by atoms with Gasteiger partial charge in [-0.25, -0.2) is 0 Å². The molecule has 0 unspecified atom stereocenters. The van der Waals surface area contributed by atoms with E-state index in [0.717, 1.165) is 21.8 Å². The fraction of sp³-hybridized carbons (Fsp3) is 0.0909. The number of aryl methyl sites for hydroxylation is 1. The molecule has 0 spiro atoms. The summed E-state index contributed by atoms with van der Waals surface area (Å²) in [5, 5.41) is 2.70. The summed E-state index contributed by atoms with van der Waals surface area (Å²) in [5.41, 5.74) is 8.79. The van der Waals surface area contributed by atoms with Gasteiger partial charge in [-0.05, 0) is 13.0 Å². The fourth-order valence-electron chi connectivity index (χ4n) is 1.48. The van der Waals surface area contributed by atoms with Gasteiger partial charge in [-0.2, -0.15) is 0 Å². The highest BCUT2D eigenvalue weighted by atomic mass is 35.5. The van der Waals surface area contributed by atoms with Crippen LogP contribution in [0.3, 0.4) is 0 Å². The lowest BCUT2D eigenvalue weighted by Gasteiger charge is -2.04. The van der Waals surface area contributed by atoms with Gasteiger partial charge in [0.1, 0.15) is 0 Å². The maximum absolute atomic E-state index is 6.11. The zero-order chi connectivity index (χ0) is 10.1. The average Bonchev–Trinajstić information content (AvgIpc) is 2.48. The highest BCUT2D eigenvalue weighted by Gasteiger charge is 2.10. The van der Waals surface area contributed by atoms with Crippen molar-refractivity contribution in [2.45, 2.75) is 6.92 Å². The van der Waals surface area contributed by atoms with Gasteiger partial charge in [-0.15, -0.1) is 11.3 Å². The lowest BCUT2D eigenvalue weighted by atomic mass is 10.1. The normalized spacial score (nSPS) is 10.4. The smallest absolute Gasteiger partial charge is 0.0505 e. The van der Waals surface area contributed by atoms with Crippen molar-refractivity contribution in [1.29, 1.82) is 0 Å². The molecule has 2 rings (SSSR count). The number of nitrogens with two attached hydrogens (primary N) is 1. The summed E-state index contributed by atoms with van der Waals surface area (Å²) >= 11 is 7.76. The number of halogens is 1. The molecule has 2 N–H and O–H groups in total. The molecule has 1 heterocycles. The predicted octanol–water partition coefficient (Wildman–Crippen LogP) is 3.96. The van der Waals surface area contributed by atoms with E-state index >= 15 is 0 Å². The summed E-state index contributed by atoms with van der Waals surface area (Å²) in [7, 11) is 0. The molecule has 14 heavy (non-hydrogen) atoms. The zero-order valence-corrected chi connectivity index (χ0v) is 9.32. The first-order valence-electron chi connectivity index (χ1n) is 4.28. The molecule has 1 aromatic carbocycles. The molecule has 0 aliphatic carbocycles. The SMILES string of the molecule is Cc1scc(N)c1-c1ccccc1Cl. The number of benzene rings is 1. The lowest BCUT2D eigenvalue weighted by molar-refractivity contribution is 1.58. The number of nitrogen functional groups attached to an aromatic ring is 1. The van der Waals surface area contributed by atoms with Crippen LogP contribution in [0.2, 0.25) is 5.02 Å². The second kappa shape index (κ2) is 3.64. The van der Waals surface area contributed by atoms with Gasteiger partial charge in [-0.1, -0.05) is 29.8 Å². The molecule has 1 aromatic heterocycles. The van der Waals surface area contributed by atoms with E-state index < -0.39 is 0 Å². The van der Waals surface area contributed by atoms with Crippen molar-refractivity contribution >= 4 is 28.6 Å². The van der Waals surface area contributed by atoms with Crippen LogP contribution in [-0.4, -0.2) is 0 Å². The Morgan fingerprint density at radius 3 is 2.57 bits per heavy atom. The third-order valence-electron chi connectivity index (χ3n) is 2.15. The standard InChI is InChI=1S/C11H10ClNS/c1-7-11(10(13)6-14-7)8-4-2-3-5-9(8)12/h2-6H,13H2,1H3. The number of thiophene rings is 1. The molecule has 3 heteroatoms. The topological polar surface area (TPSA) is 26.0 Å². The van der Waals surface area contributed by atoms with Crippen LogP contribution in [-0.2, 0) is 0 Å². The highest BCUT2D eigenvalue weighted by Crippen LogP contribution is 2.37. The fourth-order valence-corrected chi connectivity index (χ4v) is 2.48. The van der Waals surface area contributed by atoms with Crippen molar-refractivity contribution in [3.8, 4) is 11.1 Å². The maximum atomic E-state index is 6.11. The third-order valence-corrected chi connectivity index (χ3v) is 3.41. The van der Waals surface area contributed by atoms with E-state index in [9.17, 15) is 0 Å². The number of hydrogen-bond acceptors (Lipinski definition) is 2. The molecule has 0 bridgehead atoms. The van der Waals surface area contributed by atoms with E-state index in [2.05, 4.69) is 6.92 Å². The maximum Gasteiger partial charge on any atom is 0.0505 e. The van der Waals surface area contributed by atoms with Crippen LogP contribution >= 0.6 is 22.9 Å². The van der Waals surface area contributed by atoms with E-state index in [4.69, 9.17) is 17.3 Å². The summed E-state index contributed by atoms with van der Waals surface area (Å²) < 4.78 is 0. The Kier molecular flexibility index (Phi) is 2.48. The van der Waals surface area contributed by atoms with Crippen molar-refractivity contribution in [2.75, 3.05) is 5.73 Å². The Hall–Kier alpha value is -0.990. The molecule has 72 valence electrons. The number of anilines is 1. The van der Waals surface area contributed by atoms with Gasteiger partial charge in [0.15, 0.2) is 0 Å². The van der Waals surface area contributed by atoms with Crippen molar-refractivity contribution in [1.82, 2.24) is 0 Å². The van der Waals surface area contributed by atoms with Crippen LogP contribution in [0.4, 0.5) is 5.69 Å².